The van der Waals surface area contributed by atoms with Crippen LogP contribution in [0.1, 0.15) is 17.2 Å². The standard InChI is InChI=1S/C16H16N2O/c1-19-16(11-17)14-8-5-9-15(10-14)18-12-13-6-3-2-4-7-13/h2-10,16,18H,12H2,1H3. The Kier molecular flexibility index (Phi) is 4.54. The Labute approximate surface area is 113 Å². The molecule has 0 heterocycles. The van der Waals surface area contributed by atoms with Gasteiger partial charge in [-0.1, -0.05) is 42.5 Å². The quantitative estimate of drug-likeness (QED) is 0.885. The van der Waals surface area contributed by atoms with Gasteiger partial charge in [0.25, 0.3) is 0 Å². The van der Waals surface area contributed by atoms with Crippen molar-refractivity contribution in [2.75, 3.05) is 12.4 Å². The summed E-state index contributed by atoms with van der Waals surface area (Å²) in [5.41, 5.74) is 3.07. The molecule has 0 amide bonds. The molecule has 1 atom stereocenters. The monoisotopic (exact) mass is 252 g/mol. The molecule has 0 saturated heterocycles. The van der Waals surface area contributed by atoms with Gasteiger partial charge in [-0.2, -0.15) is 5.26 Å². The number of hydrogen-bond acceptors (Lipinski definition) is 3. The van der Waals surface area contributed by atoms with Crippen LogP contribution in [0.4, 0.5) is 5.69 Å². The molecule has 3 nitrogen and oxygen atoms in total. The van der Waals surface area contributed by atoms with Crippen molar-refractivity contribution < 1.29 is 4.74 Å². The molecule has 0 spiro atoms. The van der Waals surface area contributed by atoms with Crippen LogP contribution in [-0.2, 0) is 11.3 Å². The first-order valence-corrected chi connectivity index (χ1v) is 6.13. The Morgan fingerprint density at radius 2 is 1.95 bits per heavy atom. The van der Waals surface area contributed by atoms with Crippen LogP contribution in [0.5, 0.6) is 0 Å². The number of nitriles is 1. The van der Waals surface area contributed by atoms with Crippen LogP contribution < -0.4 is 5.32 Å². The van der Waals surface area contributed by atoms with Crippen LogP contribution in [0.25, 0.3) is 0 Å². The van der Waals surface area contributed by atoms with E-state index >= 15 is 0 Å². The maximum absolute atomic E-state index is 8.98. The van der Waals surface area contributed by atoms with Crippen LogP contribution >= 0.6 is 0 Å². The van der Waals surface area contributed by atoms with Gasteiger partial charge in [0.05, 0.1) is 6.07 Å². The molecule has 1 N–H and O–H groups in total. The van der Waals surface area contributed by atoms with E-state index in [-0.39, 0.29) is 0 Å². The van der Waals surface area contributed by atoms with E-state index in [0.29, 0.717) is 0 Å². The number of nitrogens with one attached hydrogen (secondary N) is 1. The van der Waals surface area contributed by atoms with Crippen LogP contribution in [0.15, 0.2) is 54.6 Å². The number of rotatable bonds is 5. The van der Waals surface area contributed by atoms with Crippen molar-refractivity contribution in [1.29, 1.82) is 5.26 Å². The third-order valence-electron chi connectivity index (χ3n) is 2.88. The molecule has 0 saturated carbocycles. The Balaban J connectivity index is 2.05. The Bertz CT molecular complexity index is 560. The highest BCUT2D eigenvalue weighted by Gasteiger charge is 2.08. The summed E-state index contributed by atoms with van der Waals surface area (Å²) in [6, 6.07) is 20.0. The van der Waals surface area contributed by atoms with E-state index in [0.717, 1.165) is 17.8 Å². The number of methoxy groups -OCH3 is 1. The smallest absolute Gasteiger partial charge is 0.168 e. The van der Waals surface area contributed by atoms with Gasteiger partial charge in [-0.25, -0.2) is 0 Å². The van der Waals surface area contributed by atoms with Crippen LogP contribution in [0.3, 0.4) is 0 Å². The fourth-order valence-corrected chi connectivity index (χ4v) is 1.88. The lowest BCUT2D eigenvalue weighted by atomic mass is 10.1. The molecule has 96 valence electrons. The highest BCUT2D eigenvalue weighted by Crippen LogP contribution is 2.20. The SMILES string of the molecule is COC(C#N)c1cccc(NCc2ccccc2)c1. The fraction of sp³-hybridized carbons (Fsp3) is 0.188. The van der Waals surface area contributed by atoms with E-state index in [4.69, 9.17) is 10.00 Å². The Morgan fingerprint density at radius 1 is 1.16 bits per heavy atom. The average Bonchev–Trinajstić information content (AvgIpc) is 2.48. The summed E-state index contributed by atoms with van der Waals surface area (Å²) in [7, 11) is 1.54. The second kappa shape index (κ2) is 6.58. The molecule has 0 aromatic heterocycles. The van der Waals surface area contributed by atoms with Crippen molar-refractivity contribution in [3.63, 3.8) is 0 Å². The summed E-state index contributed by atoms with van der Waals surface area (Å²) in [4.78, 5) is 0. The summed E-state index contributed by atoms with van der Waals surface area (Å²) in [6.07, 6.45) is -0.515. The van der Waals surface area contributed by atoms with Crippen molar-refractivity contribution in [3.05, 3.63) is 65.7 Å². The Morgan fingerprint density at radius 3 is 2.63 bits per heavy atom. The van der Waals surface area contributed by atoms with Crippen molar-refractivity contribution in [2.45, 2.75) is 12.6 Å². The van der Waals surface area contributed by atoms with Gasteiger partial charge in [-0.15, -0.1) is 0 Å². The number of ether oxygens (including phenoxy) is 1. The normalized spacial score (nSPS) is 11.6. The third kappa shape index (κ3) is 3.57. The number of nitrogens with zero attached hydrogens (tertiary/aromatic N) is 1. The lowest BCUT2D eigenvalue weighted by Crippen LogP contribution is -2.02. The zero-order valence-electron chi connectivity index (χ0n) is 10.8. The summed E-state index contributed by atoms with van der Waals surface area (Å²) < 4.78 is 5.11. The van der Waals surface area contributed by atoms with Gasteiger partial charge in [-0.05, 0) is 23.3 Å². The molecule has 0 bridgehead atoms. The summed E-state index contributed by atoms with van der Waals surface area (Å²) >= 11 is 0. The number of benzene rings is 2. The molecule has 0 aliphatic heterocycles. The van der Waals surface area contributed by atoms with Crippen molar-refractivity contribution >= 4 is 5.69 Å². The van der Waals surface area contributed by atoms with Gasteiger partial charge < -0.3 is 10.1 Å². The lowest BCUT2D eigenvalue weighted by molar-refractivity contribution is 0.148. The van der Waals surface area contributed by atoms with Crippen LogP contribution in [0.2, 0.25) is 0 Å². The van der Waals surface area contributed by atoms with Gasteiger partial charge in [-0.3, -0.25) is 0 Å². The maximum atomic E-state index is 8.98. The predicted octanol–water partition coefficient (Wildman–Crippen LogP) is 3.51. The third-order valence-corrected chi connectivity index (χ3v) is 2.88. The highest BCUT2D eigenvalue weighted by atomic mass is 16.5. The van der Waals surface area contributed by atoms with Crippen molar-refractivity contribution in [1.82, 2.24) is 0 Å². The first kappa shape index (κ1) is 13.1. The minimum atomic E-state index is -0.515. The highest BCUT2D eigenvalue weighted by molar-refractivity contribution is 5.47. The van der Waals surface area contributed by atoms with E-state index < -0.39 is 6.10 Å². The largest absolute Gasteiger partial charge is 0.381 e. The molecular weight excluding hydrogens is 236 g/mol. The molecule has 19 heavy (non-hydrogen) atoms. The molecular formula is C16H16N2O. The number of hydrogen-bond donors (Lipinski definition) is 1. The summed E-state index contributed by atoms with van der Waals surface area (Å²) in [5.74, 6) is 0. The molecule has 2 aromatic carbocycles. The fourth-order valence-electron chi connectivity index (χ4n) is 1.88. The minimum Gasteiger partial charge on any atom is -0.381 e. The second-order valence-electron chi connectivity index (χ2n) is 4.21. The molecule has 0 fully saturated rings. The zero-order valence-corrected chi connectivity index (χ0v) is 10.8. The minimum absolute atomic E-state index is 0.515. The molecule has 0 aliphatic rings. The van der Waals surface area contributed by atoms with Crippen LogP contribution in [-0.4, -0.2) is 7.11 Å². The van der Waals surface area contributed by atoms with Gasteiger partial charge >= 0.3 is 0 Å². The lowest BCUT2D eigenvalue weighted by Gasteiger charge is -2.11. The number of anilines is 1. The Hall–Kier alpha value is -2.31. The molecule has 0 aliphatic carbocycles. The van der Waals surface area contributed by atoms with Gasteiger partial charge in [0, 0.05) is 19.3 Å². The van der Waals surface area contributed by atoms with E-state index in [1.54, 1.807) is 0 Å². The molecule has 1 unspecified atom stereocenters. The topological polar surface area (TPSA) is 45.0 Å². The van der Waals surface area contributed by atoms with Crippen molar-refractivity contribution in [2.24, 2.45) is 0 Å². The van der Waals surface area contributed by atoms with E-state index in [2.05, 4.69) is 23.5 Å². The van der Waals surface area contributed by atoms with E-state index in [1.165, 1.54) is 12.7 Å². The second-order valence-corrected chi connectivity index (χ2v) is 4.21. The predicted molar refractivity (Wildman–Crippen MR) is 75.6 cm³/mol. The summed E-state index contributed by atoms with van der Waals surface area (Å²) in [6.45, 7) is 0.758. The average molecular weight is 252 g/mol. The summed E-state index contributed by atoms with van der Waals surface area (Å²) in [5, 5.41) is 12.3. The first-order chi connectivity index (χ1) is 9.33. The molecule has 3 heteroatoms. The van der Waals surface area contributed by atoms with E-state index in [1.807, 2.05) is 42.5 Å². The van der Waals surface area contributed by atoms with E-state index in [9.17, 15) is 0 Å². The molecule has 2 rings (SSSR count). The maximum Gasteiger partial charge on any atom is 0.168 e. The zero-order chi connectivity index (χ0) is 13.5. The first-order valence-electron chi connectivity index (χ1n) is 6.13. The van der Waals surface area contributed by atoms with Crippen molar-refractivity contribution in [3.8, 4) is 6.07 Å². The molecule has 2 aromatic rings. The van der Waals surface area contributed by atoms with Gasteiger partial charge in [0.1, 0.15) is 0 Å². The van der Waals surface area contributed by atoms with Gasteiger partial charge in [0.15, 0.2) is 6.10 Å². The van der Waals surface area contributed by atoms with Gasteiger partial charge in [0.2, 0.25) is 0 Å². The van der Waals surface area contributed by atoms with Crippen LogP contribution in [0, 0.1) is 11.3 Å². The molecule has 0 radical (unpaired) electrons.